The highest BCUT2D eigenvalue weighted by Crippen LogP contribution is 2.29. The van der Waals surface area contributed by atoms with Gasteiger partial charge in [0.25, 0.3) is 0 Å². The minimum absolute atomic E-state index is 0.415. The van der Waals surface area contributed by atoms with Crippen LogP contribution in [0.3, 0.4) is 0 Å². The fraction of sp³-hybridized carbons (Fsp3) is 0.185. The van der Waals surface area contributed by atoms with Crippen molar-refractivity contribution in [3.63, 3.8) is 0 Å². The second-order valence-electron chi connectivity index (χ2n) is 7.85. The number of benzene rings is 3. The molecule has 0 saturated carbocycles. The van der Waals surface area contributed by atoms with Gasteiger partial charge in [-0.3, -0.25) is 0 Å². The summed E-state index contributed by atoms with van der Waals surface area (Å²) in [6, 6.07) is 25.2. The van der Waals surface area contributed by atoms with Crippen LogP contribution in [-0.2, 0) is 21.2 Å². The molecule has 0 atom stereocenters. The van der Waals surface area contributed by atoms with E-state index in [1.165, 1.54) is 5.56 Å². The molecule has 1 heterocycles. The molecule has 0 spiro atoms. The van der Waals surface area contributed by atoms with Gasteiger partial charge in [-0.1, -0.05) is 65.6 Å². The Morgan fingerprint density at radius 3 is 2.54 bits per heavy atom. The van der Waals surface area contributed by atoms with Gasteiger partial charge in [0.1, 0.15) is 11.6 Å². The Morgan fingerprint density at radius 1 is 1.00 bits per heavy atom. The molecule has 180 valence electrons. The Labute approximate surface area is 207 Å². The molecule has 3 N–H and O–H groups in total. The van der Waals surface area contributed by atoms with Crippen molar-refractivity contribution in [2.75, 3.05) is 23.8 Å². The monoisotopic (exact) mass is 486 g/mol. The summed E-state index contributed by atoms with van der Waals surface area (Å²) in [7, 11) is -1.81. The molecule has 0 aliphatic rings. The van der Waals surface area contributed by atoms with Gasteiger partial charge in [-0.2, -0.15) is 15.6 Å². The summed E-state index contributed by atoms with van der Waals surface area (Å²) < 4.78 is 24.5. The van der Waals surface area contributed by atoms with E-state index in [4.69, 9.17) is 14.5 Å². The average molecular weight is 487 g/mol. The normalized spacial score (nSPS) is 10.8. The number of nitrogens with zero attached hydrogens (tertiary/aromatic N) is 2. The molecular weight excluding hydrogens is 458 g/mol. The summed E-state index contributed by atoms with van der Waals surface area (Å²) in [5.41, 5.74) is 3.85. The lowest BCUT2D eigenvalue weighted by atomic mass is 10.1. The Balaban J connectivity index is 1.55. The van der Waals surface area contributed by atoms with Crippen LogP contribution in [0.5, 0.6) is 5.75 Å². The summed E-state index contributed by atoms with van der Waals surface area (Å²) in [4.78, 5) is 9.66. The number of aryl methyl sites for hydroxylation is 1. The quantitative estimate of drug-likeness (QED) is 0.167. The maximum atomic E-state index is 11.5. The maximum absolute atomic E-state index is 11.5. The van der Waals surface area contributed by atoms with E-state index in [2.05, 4.69) is 39.9 Å². The average Bonchev–Trinajstić information content (AvgIpc) is 2.88. The van der Waals surface area contributed by atoms with Crippen LogP contribution in [0.25, 0.3) is 11.1 Å². The molecule has 7 nitrogen and oxygen atoms in total. The summed E-state index contributed by atoms with van der Waals surface area (Å²) in [6.07, 6.45) is 3.72. The SMILES string of the molecule is CCOc1ccc(-c2cnc(Nc3cccc([S-](=N)=O)c3)nc2NCCCc2ccccc2)cc1. The van der Waals surface area contributed by atoms with Crippen molar-refractivity contribution in [3.05, 3.63) is 90.6 Å². The van der Waals surface area contributed by atoms with Gasteiger partial charge in [-0.15, -0.1) is 0 Å². The molecule has 8 heteroatoms. The number of anilines is 3. The molecule has 35 heavy (non-hydrogen) atoms. The smallest absolute Gasteiger partial charge is 0.229 e. The number of ether oxygens (including phenoxy) is 1. The Bertz CT molecular complexity index is 1320. The van der Waals surface area contributed by atoms with Crippen LogP contribution in [0.4, 0.5) is 17.5 Å². The van der Waals surface area contributed by atoms with E-state index in [0.29, 0.717) is 23.1 Å². The molecule has 0 amide bonds. The first kappa shape index (κ1) is 24.2. The minimum atomic E-state index is -1.81. The molecule has 4 aromatic rings. The molecule has 0 bridgehead atoms. The number of hydrogen-bond acceptors (Lipinski definition) is 8. The first-order valence-electron chi connectivity index (χ1n) is 11.5. The van der Waals surface area contributed by atoms with E-state index in [9.17, 15) is 4.21 Å². The Morgan fingerprint density at radius 2 is 1.80 bits per heavy atom. The topological polar surface area (TPSA) is 100.0 Å². The highest BCUT2D eigenvalue weighted by molar-refractivity contribution is 7.73. The van der Waals surface area contributed by atoms with Gasteiger partial charge in [-0.25, -0.2) is 4.98 Å². The zero-order valence-electron chi connectivity index (χ0n) is 19.5. The predicted octanol–water partition coefficient (Wildman–Crippen LogP) is 6.42. The van der Waals surface area contributed by atoms with Crippen LogP contribution in [0.2, 0.25) is 0 Å². The molecule has 0 aliphatic heterocycles. The second-order valence-corrected chi connectivity index (χ2v) is 8.86. The van der Waals surface area contributed by atoms with Crippen LogP contribution in [0.1, 0.15) is 18.9 Å². The van der Waals surface area contributed by atoms with Crippen molar-refractivity contribution >= 4 is 28.0 Å². The summed E-state index contributed by atoms with van der Waals surface area (Å²) in [5.74, 6) is 1.96. The van der Waals surface area contributed by atoms with Crippen LogP contribution >= 0.6 is 0 Å². The van der Waals surface area contributed by atoms with Crippen LogP contribution in [0, 0.1) is 4.78 Å². The van der Waals surface area contributed by atoms with E-state index < -0.39 is 10.6 Å². The highest BCUT2D eigenvalue weighted by atomic mass is 32.2. The lowest BCUT2D eigenvalue weighted by Crippen LogP contribution is -2.08. The van der Waals surface area contributed by atoms with Crippen molar-refractivity contribution in [1.82, 2.24) is 9.97 Å². The van der Waals surface area contributed by atoms with Gasteiger partial charge >= 0.3 is 0 Å². The summed E-state index contributed by atoms with van der Waals surface area (Å²) in [5, 5.41) is 6.64. The number of nitrogens with one attached hydrogen (secondary N) is 3. The minimum Gasteiger partial charge on any atom is -0.494 e. The lowest BCUT2D eigenvalue weighted by molar-refractivity contribution is 0.340. The van der Waals surface area contributed by atoms with Gasteiger partial charge in [0.2, 0.25) is 5.95 Å². The fourth-order valence-electron chi connectivity index (χ4n) is 3.65. The zero-order valence-corrected chi connectivity index (χ0v) is 20.3. The summed E-state index contributed by atoms with van der Waals surface area (Å²) >= 11 is 0. The molecule has 0 radical (unpaired) electrons. The van der Waals surface area contributed by atoms with Gasteiger partial charge in [0.15, 0.2) is 0 Å². The number of aromatic nitrogens is 2. The molecule has 0 saturated heterocycles. The van der Waals surface area contributed by atoms with Crippen LogP contribution in [-0.4, -0.2) is 23.1 Å². The van der Waals surface area contributed by atoms with E-state index >= 15 is 0 Å². The van der Waals surface area contributed by atoms with Gasteiger partial charge in [-0.05, 0) is 49.1 Å². The van der Waals surface area contributed by atoms with E-state index in [0.717, 1.165) is 42.1 Å². The molecule has 4 rings (SSSR count). The highest BCUT2D eigenvalue weighted by Gasteiger charge is 2.10. The van der Waals surface area contributed by atoms with E-state index in [-0.39, 0.29) is 0 Å². The zero-order chi connectivity index (χ0) is 24.5. The van der Waals surface area contributed by atoms with Crippen molar-refractivity contribution in [3.8, 4) is 16.9 Å². The van der Waals surface area contributed by atoms with Gasteiger partial charge in [0, 0.05) is 24.0 Å². The molecule has 1 aromatic heterocycles. The Hall–Kier alpha value is -3.91. The third-order valence-corrected chi connectivity index (χ3v) is 6.03. The van der Waals surface area contributed by atoms with Crippen LogP contribution < -0.4 is 15.4 Å². The van der Waals surface area contributed by atoms with Crippen molar-refractivity contribution in [1.29, 1.82) is 4.78 Å². The number of rotatable bonds is 11. The van der Waals surface area contributed by atoms with Crippen molar-refractivity contribution in [2.24, 2.45) is 0 Å². The summed E-state index contributed by atoms with van der Waals surface area (Å²) in [6.45, 7) is 3.33. The molecule has 0 aliphatic carbocycles. The lowest BCUT2D eigenvalue weighted by Gasteiger charge is -2.14. The van der Waals surface area contributed by atoms with E-state index in [1.807, 2.05) is 43.3 Å². The van der Waals surface area contributed by atoms with Gasteiger partial charge in [0.05, 0.1) is 6.61 Å². The molecule has 0 unspecified atom stereocenters. The first-order chi connectivity index (χ1) is 17.1. The third kappa shape index (κ3) is 6.80. The molecule has 3 aromatic carbocycles. The van der Waals surface area contributed by atoms with Crippen molar-refractivity contribution < 1.29 is 8.95 Å². The predicted molar refractivity (Wildman–Crippen MR) is 141 cm³/mol. The molecule has 0 fully saturated rings. The fourth-order valence-corrected chi connectivity index (χ4v) is 4.08. The molecular formula is C27H28N5O2S-. The maximum Gasteiger partial charge on any atom is 0.229 e. The number of hydrogen-bond donors (Lipinski definition) is 3. The Kier molecular flexibility index (Phi) is 8.30. The van der Waals surface area contributed by atoms with Crippen LogP contribution in [0.15, 0.2) is 90.0 Å². The third-order valence-electron chi connectivity index (χ3n) is 5.35. The standard InChI is InChI=1S/C27H28N5O2S/c1-2-34-23-15-13-21(14-16-23)25-19-30-27(31-22-11-6-12-24(18-22)35(28)33)32-26(25)29-17-7-10-20-8-4-3-5-9-20/h3-6,8-9,11-16,18-19,28H,2,7,10,17H2,1H3,(H2,29,30,31,32)/q-1. The van der Waals surface area contributed by atoms with E-state index in [1.54, 1.807) is 24.4 Å². The largest absolute Gasteiger partial charge is 0.494 e. The van der Waals surface area contributed by atoms with Gasteiger partial charge < -0.3 is 24.4 Å². The second kappa shape index (κ2) is 12.0. The first-order valence-corrected chi connectivity index (χ1v) is 12.7. The van der Waals surface area contributed by atoms with Crippen molar-refractivity contribution in [2.45, 2.75) is 24.7 Å².